The molecule has 0 aromatic heterocycles. The minimum absolute atomic E-state index is 0.165. The Labute approximate surface area is 100 Å². The van der Waals surface area contributed by atoms with E-state index in [1.165, 1.54) is 14.2 Å². The maximum atomic E-state index is 11.1. The zero-order valence-corrected chi connectivity index (χ0v) is 10.7. The Bertz CT molecular complexity index is 368. The molecule has 2 fully saturated rings. The highest BCUT2D eigenvalue weighted by Gasteiger charge is 2.54. The van der Waals surface area contributed by atoms with Crippen LogP contribution in [0.3, 0.4) is 0 Å². The van der Waals surface area contributed by atoms with Gasteiger partial charge in [0.25, 0.3) is 10.1 Å². The molecule has 100 valence electrons. The van der Waals surface area contributed by atoms with Gasteiger partial charge in [-0.15, -0.1) is 0 Å². The first-order chi connectivity index (χ1) is 7.96. The molecule has 2 saturated heterocycles. The fourth-order valence-electron chi connectivity index (χ4n) is 2.18. The first-order valence-electron chi connectivity index (χ1n) is 5.17. The molecule has 0 amide bonds. The summed E-state index contributed by atoms with van der Waals surface area (Å²) in [7, 11) is -0.522. The Morgan fingerprint density at radius 1 is 1.18 bits per heavy atom. The molecule has 2 aliphatic heterocycles. The average Bonchev–Trinajstić information content (AvgIpc) is 2.75. The summed E-state index contributed by atoms with van der Waals surface area (Å²) in [5, 5.41) is 0. The zero-order chi connectivity index (χ0) is 12.6. The molecule has 0 saturated carbocycles. The molecule has 0 aromatic rings. The predicted molar refractivity (Wildman–Crippen MR) is 55.9 cm³/mol. The van der Waals surface area contributed by atoms with E-state index in [2.05, 4.69) is 0 Å². The molecular weight excluding hydrogens is 252 g/mol. The second-order valence-electron chi connectivity index (χ2n) is 4.04. The van der Waals surface area contributed by atoms with Crippen molar-refractivity contribution in [2.24, 2.45) is 0 Å². The van der Waals surface area contributed by atoms with Crippen LogP contribution in [0.1, 0.15) is 0 Å². The van der Waals surface area contributed by atoms with E-state index in [4.69, 9.17) is 23.1 Å². The Balaban J connectivity index is 2.08. The third kappa shape index (κ3) is 2.61. The van der Waals surface area contributed by atoms with Gasteiger partial charge in [0.05, 0.1) is 12.9 Å². The molecule has 1 unspecified atom stereocenters. The van der Waals surface area contributed by atoms with E-state index in [0.29, 0.717) is 0 Å². The molecule has 5 atom stereocenters. The quantitative estimate of drug-likeness (QED) is 0.612. The van der Waals surface area contributed by atoms with Crippen LogP contribution in [-0.2, 0) is 33.2 Å². The van der Waals surface area contributed by atoms with Crippen LogP contribution in [0.2, 0.25) is 0 Å². The monoisotopic (exact) mass is 268 g/mol. The largest absolute Gasteiger partial charge is 0.373 e. The minimum Gasteiger partial charge on any atom is -0.373 e. The van der Waals surface area contributed by atoms with Crippen LogP contribution in [0.25, 0.3) is 0 Å². The van der Waals surface area contributed by atoms with Crippen LogP contribution in [0, 0.1) is 0 Å². The number of hydrogen-bond donors (Lipinski definition) is 0. The summed E-state index contributed by atoms with van der Waals surface area (Å²) in [6.45, 7) is 0.165. The zero-order valence-electron chi connectivity index (χ0n) is 9.86. The first-order valence-corrected chi connectivity index (χ1v) is 6.99. The molecule has 0 N–H and O–H groups in total. The van der Waals surface area contributed by atoms with Crippen molar-refractivity contribution in [3.63, 3.8) is 0 Å². The summed E-state index contributed by atoms with van der Waals surface area (Å²) in [6, 6.07) is 0. The standard InChI is InChI=1S/C9H16O7S/c1-12-8-7-6(15-9(8)13-2)5(4-14-7)16-17(3,10)11/h5-9H,4H2,1-3H3/t5-,6-,7+,8-,9?/m0/s1. The Kier molecular flexibility index (Phi) is 3.71. The second kappa shape index (κ2) is 4.79. The smallest absolute Gasteiger partial charge is 0.264 e. The van der Waals surface area contributed by atoms with Gasteiger partial charge in [-0.05, 0) is 0 Å². The van der Waals surface area contributed by atoms with Crippen molar-refractivity contribution in [3.05, 3.63) is 0 Å². The third-order valence-electron chi connectivity index (χ3n) is 2.83. The molecule has 2 heterocycles. The van der Waals surface area contributed by atoms with E-state index in [1.807, 2.05) is 0 Å². The van der Waals surface area contributed by atoms with Crippen molar-refractivity contribution in [1.82, 2.24) is 0 Å². The van der Waals surface area contributed by atoms with Crippen molar-refractivity contribution >= 4 is 10.1 Å². The van der Waals surface area contributed by atoms with Gasteiger partial charge in [0.2, 0.25) is 0 Å². The molecular formula is C9H16O7S. The summed E-state index contributed by atoms with van der Waals surface area (Å²) >= 11 is 0. The number of hydrogen-bond acceptors (Lipinski definition) is 7. The van der Waals surface area contributed by atoms with Gasteiger partial charge >= 0.3 is 0 Å². The van der Waals surface area contributed by atoms with E-state index >= 15 is 0 Å². The topological polar surface area (TPSA) is 80.3 Å². The molecule has 2 aliphatic rings. The van der Waals surface area contributed by atoms with Gasteiger partial charge in [-0.3, -0.25) is 4.18 Å². The van der Waals surface area contributed by atoms with Crippen LogP contribution >= 0.6 is 0 Å². The van der Waals surface area contributed by atoms with Gasteiger partial charge in [0, 0.05) is 14.2 Å². The normalized spacial score (nSPS) is 41.7. The van der Waals surface area contributed by atoms with E-state index in [-0.39, 0.29) is 18.8 Å². The highest BCUT2D eigenvalue weighted by atomic mass is 32.2. The van der Waals surface area contributed by atoms with Gasteiger partial charge in [0.1, 0.15) is 24.4 Å². The van der Waals surface area contributed by atoms with Crippen LogP contribution in [0.4, 0.5) is 0 Å². The van der Waals surface area contributed by atoms with Crippen molar-refractivity contribution in [2.45, 2.75) is 30.7 Å². The maximum Gasteiger partial charge on any atom is 0.264 e. The first kappa shape index (κ1) is 13.2. The Morgan fingerprint density at radius 2 is 1.88 bits per heavy atom. The second-order valence-corrected chi connectivity index (χ2v) is 5.64. The SMILES string of the molecule is COC1O[C@@H]2[C@@H](OC[C@@H]2OS(C)(=O)=O)[C@@H]1OC. The highest BCUT2D eigenvalue weighted by molar-refractivity contribution is 7.86. The Hall–Kier alpha value is -0.250. The minimum atomic E-state index is -3.54. The van der Waals surface area contributed by atoms with Crippen molar-refractivity contribution in [2.75, 3.05) is 27.1 Å². The van der Waals surface area contributed by atoms with E-state index in [0.717, 1.165) is 6.26 Å². The average molecular weight is 268 g/mol. The van der Waals surface area contributed by atoms with Crippen LogP contribution in [0.15, 0.2) is 0 Å². The summed E-state index contributed by atoms with van der Waals surface area (Å²) in [5.41, 5.74) is 0. The summed E-state index contributed by atoms with van der Waals surface area (Å²) in [4.78, 5) is 0. The number of rotatable bonds is 4. The molecule has 0 aliphatic carbocycles. The van der Waals surface area contributed by atoms with E-state index in [1.54, 1.807) is 0 Å². The molecule has 17 heavy (non-hydrogen) atoms. The predicted octanol–water partition coefficient (Wildman–Crippen LogP) is -0.884. The third-order valence-corrected chi connectivity index (χ3v) is 3.43. The lowest BCUT2D eigenvalue weighted by molar-refractivity contribution is -0.171. The van der Waals surface area contributed by atoms with E-state index < -0.39 is 28.6 Å². The number of fused-ring (bicyclic) bond motifs is 1. The van der Waals surface area contributed by atoms with E-state index in [9.17, 15) is 8.42 Å². The van der Waals surface area contributed by atoms with Gasteiger partial charge in [-0.25, -0.2) is 0 Å². The number of ether oxygens (including phenoxy) is 4. The molecule has 0 spiro atoms. The number of methoxy groups -OCH3 is 2. The lowest BCUT2D eigenvalue weighted by atomic mass is 10.1. The van der Waals surface area contributed by atoms with Gasteiger partial charge < -0.3 is 18.9 Å². The lowest BCUT2D eigenvalue weighted by Crippen LogP contribution is -2.35. The summed E-state index contributed by atoms with van der Waals surface area (Å²) in [5.74, 6) is 0. The summed E-state index contributed by atoms with van der Waals surface area (Å²) in [6.07, 6.45) is -1.44. The molecule has 0 bridgehead atoms. The molecule has 0 radical (unpaired) electrons. The highest BCUT2D eigenvalue weighted by Crippen LogP contribution is 2.34. The summed E-state index contributed by atoms with van der Waals surface area (Å²) < 4.78 is 48.4. The van der Waals surface area contributed by atoms with Crippen molar-refractivity contribution < 1.29 is 31.5 Å². The molecule has 7 nitrogen and oxygen atoms in total. The van der Waals surface area contributed by atoms with Crippen molar-refractivity contribution in [1.29, 1.82) is 0 Å². The van der Waals surface area contributed by atoms with Crippen LogP contribution < -0.4 is 0 Å². The van der Waals surface area contributed by atoms with Gasteiger partial charge in [0.15, 0.2) is 6.29 Å². The Morgan fingerprint density at radius 3 is 2.41 bits per heavy atom. The van der Waals surface area contributed by atoms with Crippen LogP contribution in [-0.4, -0.2) is 66.2 Å². The van der Waals surface area contributed by atoms with Gasteiger partial charge in [-0.1, -0.05) is 0 Å². The van der Waals surface area contributed by atoms with Gasteiger partial charge in [-0.2, -0.15) is 8.42 Å². The molecule has 0 aromatic carbocycles. The fraction of sp³-hybridized carbons (Fsp3) is 1.00. The molecule has 8 heteroatoms. The molecule has 2 rings (SSSR count). The fourth-order valence-corrected chi connectivity index (χ4v) is 2.80. The van der Waals surface area contributed by atoms with Crippen LogP contribution in [0.5, 0.6) is 0 Å². The van der Waals surface area contributed by atoms with Crippen molar-refractivity contribution in [3.8, 4) is 0 Å². The lowest BCUT2D eigenvalue weighted by Gasteiger charge is -2.19. The maximum absolute atomic E-state index is 11.1.